The number of benzene rings is 1. The molecule has 2 aliphatic heterocycles. The van der Waals surface area contributed by atoms with Gasteiger partial charge in [-0.2, -0.15) is 11.8 Å². The van der Waals surface area contributed by atoms with E-state index in [9.17, 15) is 0 Å². The van der Waals surface area contributed by atoms with Crippen molar-refractivity contribution in [3.63, 3.8) is 0 Å². The third-order valence-electron chi connectivity index (χ3n) is 3.81. The number of para-hydroxylation sites is 2. The average Bonchev–Trinajstić information content (AvgIpc) is 2.44. The second-order valence-corrected chi connectivity index (χ2v) is 7.52. The first-order valence-corrected chi connectivity index (χ1v) is 8.47. The van der Waals surface area contributed by atoms with Crippen LogP contribution in [0, 0.1) is 5.41 Å². The zero-order valence-corrected chi connectivity index (χ0v) is 13.0. The largest absolute Gasteiger partial charge is 0.486 e. The maximum Gasteiger partial charge on any atom is 0.161 e. The zero-order valence-electron chi connectivity index (χ0n) is 12.2. The van der Waals surface area contributed by atoms with Gasteiger partial charge in [0.25, 0.3) is 0 Å². The molecule has 2 atom stereocenters. The van der Waals surface area contributed by atoms with E-state index in [1.165, 1.54) is 17.9 Å². The molecule has 0 radical (unpaired) electrons. The highest BCUT2D eigenvalue weighted by atomic mass is 32.2. The molecule has 0 saturated carbocycles. The number of fused-ring (bicyclic) bond motifs is 1. The van der Waals surface area contributed by atoms with Crippen LogP contribution in [0.3, 0.4) is 0 Å². The Morgan fingerprint density at radius 2 is 2.10 bits per heavy atom. The molecule has 1 fully saturated rings. The second-order valence-electron chi connectivity index (χ2n) is 6.49. The molecular weight excluding hydrogens is 270 g/mol. The van der Waals surface area contributed by atoms with Crippen LogP contribution in [0.25, 0.3) is 0 Å². The minimum absolute atomic E-state index is 0.111. The quantitative estimate of drug-likeness (QED) is 0.928. The molecule has 4 heteroatoms. The van der Waals surface area contributed by atoms with E-state index in [0.29, 0.717) is 18.1 Å². The SMILES string of the molecule is CC1(C)CSCC(NCC2COc3ccccc3O2)C1. The fourth-order valence-corrected chi connectivity index (χ4v) is 4.16. The van der Waals surface area contributed by atoms with Crippen LogP contribution in [0.15, 0.2) is 24.3 Å². The summed E-state index contributed by atoms with van der Waals surface area (Å²) in [5.74, 6) is 4.19. The number of thioether (sulfide) groups is 1. The molecule has 2 heterocycles. The maximum absolute atomic E-state index is 5.98. The van der Waals surface area contributed by atoms with Crippen molar-refractivity contribution in [2.75, 3.05) is 24.7 Å². The molecule has 3 nitrogen and oxygen atoms in total. The third kappa shape index (κ3) is 3.41. The van der Waals surface area contributed by atoms with E-state index in [2.05, 4.69) is 30.9 Å². The van der Waals surface area contributed by atoms with Gasteiger partial charge in [0.2, 0.25) is 0 Å². The highest BCUT2D eigenvalue weighted by Crippen LogP contribution is 2.34. The summed E-state index contributed by atoms with van der Waals surface area (Å²) in [6.07, 6.45) is 1.35. The van der Waals surface area contributed by atoms with Crippen molar-refractivity contribution in [3.8, 4) is 11.5 Å². The van der Waals surface area contributed by atoms with Crippen molar-refractivity contribution in [3.05, 3.63) is 24.3 Å². The van der Waals surface area contributed by atoms with E-state index in [-0.39, 0.29) is 6.10 Å². The maximum atomic E-state index is 5.98. The zero-order chi connectivity index (χ0) is 14.0. The van der Waals surface area contributed by atoms with Gasteiger partial charge in [0, 0.05) is 18.3 Å². The Balaban J connectivity index is 1.50. The number of nitrogens with one attached hydrogen (secondary N) is 1. The van der Waals surface area contributed by atoms with Crippen LogP contribution in [0.5, 0.6) is 11.5 Å². The molecule has 1 N–H and O–H groups in total. The lowest BCUT2D eigenvalue weighted by Gasteiger charge is -2.36. The molecule has 1 aromatic carbocycles. The lowest BCUT2D eigenvalue weighted by molar-refractivity contribution is 0.0872. The lowest BCUT2D eigenvalue weighted by atomic mass is 9.88. The van der Waals surface area contributed by atoms with Crippen molar-refractivity contribution in [2.45, 2.75) is 32.4 Å². The molecule has 2 unspecified atom stereocenters. The van der Waals surface area contributed by atoms with Crippen molar-refractivity contribution in [2.24, 2.45) is 5.41 Å². The first kappa shape index (κ1) is 14.1. The van der Waals surface area contributed by atoms with Crippen LogP contribution in [0.1, 0.15) is 20.3 Å². The molecule has 0 aliphatic carbocycles. The van der Waals surface area contributed by atoms with Crippen molar-refractivity contribution in [1.82, 2.24) is 5.32 Å². The Morgan fingerprint density at radius 1 is 1.30 bits per heavy atom. The highest BCUT2D eigenvalue weighted by molar-refractivity contribution is 7.99. The molecule has 1 aromatic rings. The minimum atomic E-state index is 0.111. The van der Waals surface area contributed by atoms with Crippen LogP contribution in [-0.2, 0) is 0 Å². The summed E-state index contributed by atoms with van der Waals surface area (Å²) in [7, 11) is 0. The topological polar surface area (TPSA) is 30.5 Å². The molecule has 2 aliphatic rings. The summed E-state index contributed by atoms with van der Waals surface area (Å²) in [5.41, 5.74) is 0.442. The predicted molar refractivity (Wildman–Crippen MR) is 83.9 cm³/mol. The fourth-order valence-electron chi connectivity index (χ4n) is 2.86. The van der Waals surface area contributed by atoms with Gasteiger partial charge < -0.3 is 14.8 Å². The summed E-state index contributed by atoms with van der Waals surface area (Å²) in [6.45, 7) is 6.19. The van der Waals surface area contributed by atoms with Crippen LogP contribution in [0.4, 0.5) is 0 Å². The molecule has 0 amide bonds. The summed E-state index contributed by atoms with van der Waals surface area (Å²) >= 11 is 2.05. The van der Waals surface area contributed by atoms with Crippen LogP contribution in [0.2, 0.25) is 0 Å². The van der Waals surface area contributed by atoms with E-state index in [1.54, 1.807) is 0 Å². The van der Waals surface area contributed by atoms with Gasteiger partial charge in [-0.15, -0.1) is 0 Å². The number of hydrogen-bond acceptors (Lipinski definition) is 4. The van der Waals surface area contributed by atoms with Crippen LogP contribution in [-0.4, -0.2) is 36.8 Å². The number of ether oxygens (including phenoxy) is 2. The van der Waals surface area contributed by atoms with Gasteiger partial charge in [-0.05, 0) is 29.7 Å². The summed E-state index contributed by atoms with van der Waals surface area (Å²) in [6, 6.07) is 8.48. The Labute approximate surface area is 125 Å². The van der Waals surface area contributed by atoms with Gasteiger partial charge in [-0.3, -0.25) is 0 Å². The van der Waals surface area contributed by atoms with Gasteiger partial charge >= 0.3 is 0 Å². The summed E-state index contributed by atoms with van der Waals surface area (Å²) in [4.78, 5) is 0. The van der Waals surface area contributed by atoms with Crippen molar-refractivity contribution >= 4 is 11.8 Å². The first-order chi connectivity index (χ1) is 9.62. The van der Waals surface area contributed by atoms with Crippen LogP contribution < -0.4 is 14.8 Å². The van der Waals surface area contributed by atoms with E-state index in [1.807, 2.05) is 24.3 Å². The van der Waals surface area contributed by atoms with Gasteiger partial charge in [-0.1, -0.05) is 26.0 Å². The van der Waals surface area contributed by atoms with Gasteiger partial charge in [0.05, 0.1) is 0 Å². The molecular formula is C16H23NO2S. The Hall–Kier alpha value is -0.870. The standard InChI is InChI=1S/C16H23NO2S/c1-16(2)7-12(10-20-11-16)17-8-13-9-18-14-5-3-4-6-15(14)19-13/h3-6,12-13,17H,7-11H2,1-2H3. The Kier molecular flexibility index (Phi) is 4.13. The average molecular weight is 293 g/mol. The fraction of sp³-hybridized carbons (Fsp3) is 0.625. The number of hydrogen-bond donors (Lipinski definition) is 1. The molecule has 110 valence electrons. The van der Waals surface area contributed by atoms with Gasteiger partial charge in [-0.25, -0.2) is 0 Å². The van der Waals surface area contributed by atoms with Crippen molar-refractivity contribution < 1.29 is 9.47 Å². The normalized spacial score (nSPS) is 28.1. The second kappa shape index (κ2) is 5.86. The lowest BCUT2D eigenvalue weighted by Crippen LogP contribution is -2.46. The van der Waals surface area contributed by atoms with E-state index in [0.717, 1.165) is 18.0 Å². The van der Waals surface area contributed by atoms with Crippen molar-refractivity contribution in [1.29, 1.82) is 0 Å². The molecule has 3 rings (SSSR count). The van der Waals surface area contributed by atoms with Crippen LogP contribution >= 0.6 is 11.8 Å². The van der Waals surface area contributed by atoms with E-state index < -0.39 is 0 Å². The molecule has 0 bridgehead atoms. The Bertz CT molecular complexity index is 464. The third-order valence-corrected chi connectivity index (χ3v) is 5.44. The minimum Gasteiger partial charge on any atom is -0.486 e. The summed E-state index contributed by atoms with van der Waals surface area (Å²) in [5, 5.41) is 3.65. The summed E-state index contributed by atoms with van der Waals surface area (Å²) < 4.78 is 11.7. The number of rotatable bonds is 3. The monoisotopic (exact) mass is 293 g/mol. The molecule has 0 spiro atoms. The highest BCUT2D eigenvalue weighted by Gasteiger charge is 2.29. The van der Waals surface area contributed by atoms with E-state index in [4.69, 9.17) is 9.47 Å². The molecule has 1 saturated heterocycles. The predicted octanol–water partition coefficient (Wildman–Crippen LogP) is 2.95. The van der Waals surface area contributed by atoms with Gasteiger partial charge in [0.1, 0.15) is 12.7 Å². The smallest absolute Gasteiger partial charge is 0.161 e. The molecule has 0 aromatic heterocycles. The van der Waals surface area contributed by atoms with E-state index >= 15 is 0 Å². The van der Waals surface area contributed by atoms with Gasteiger partial charge in [0.15, 0.2) is 11.5 Å². The Morgan fingerprint density at radius 3 is 2.90 bits per heavy atom. The first-order valence-electron chi connectivity index (χ1n) is 7.32. The molecule has 20 heavy (non-hydrogen) atoms.